The molecular formula is C25H40O5S. The predicted octanol–water partition coefficient (Wildman–Crippen LogP) is 6.15. The maximum Gasteiger partial charge on any atom is 0.303 e. The summed E-state index contributed by atoms with van der Waals surface area (Å²) in [6.45, 7) is 2.21. The minimum atomic E-state index is -0.855. The lowest BCUT2D eigenvalue weighted by Gasteiger charge is -2.19. The monoisotopic (exact) mass is 452 g/mol. The number of carboxylic acids is 2. The molecule has 0 aliphatic heterocycles. The summed E-state index contributed by atoms with van der Waals surface area (Å²) in [7, 11) is 0. The van der Waals surface area contributed by atoms with Crippen molar-refractivity contribution in [3.63, 3.8) is 0 Å². The molecule has 0 aromatic carbocycles. The first-order valence-electron chi connectivity index (χ1n) is 11.4. The van der Waals surface area contributed by atoms with Gasteiger partial charge in [-0.2, -0.15) is 11.8 Å². The van der Waals surface area contributed by atoms with Gasteiger partial charge in [-0.3, -0.25) is 9.59 Å². The third-order valence-electron chi connectivity index (χ3n) is 4.55. The lowest BCUT2D eigenvalue weighted by Crippen LogP contribution is -2.22. The lowest BCUT2D eigenvalue weighted by atomic mass is 10.1. The van der Waals surface area contributed by atoms with Crippen molar-refractivity contribution in [3.05, 3.63) is 48.6 Å². The minimum absolute atomic E-state index is 0.0501. The fourth-order valence-electron chi connectivity index (χ4n) is 2.78. The highest BCUT2D eigenvalue weighted by Gasteiger charge is 2.17. The second kappa shape index (κ2) is 21.4. The number of carboxylic acid groups (broad SMARTS) is 2. The van der Waals surface area contributed by atoms with Crippen molar-refractivity contribution < 1.29 is 24.9 Å². The van der Waals surface area contributed by atoms with Crippen LogP contribution in [0.5, 0.6) is 0 Å². The Morgan fingerprint density at radius 2 is 1.55 bits per heavy atom. The van der Waals surface area contributed by atoms with Gasteiger partial charge in [0.2, 0.25) is 0 Å². The van der Waals surface area contributed by atoms with E-state index in [9.17, 15) is 14.7 Å². The Balaban J connectivity index is 4.41. The molecular weight excluding hydrogens is 412 g/mol. The van der Waals surface area contributed by atoms with Crippen LogP contribution in [0.4, 0.5) is 0 Å². The van der Waals surface area contributed by atoms with Gasteiger partial charge in [0.15, 0.2) is 0 Å². The highest BCUT2D eigenvalue weighted by Crippen LogP contribution is 2.22. The molecule has 176 valence electrons. The van der Waals surface area contributed by atoms with Gasteiger partial charge in [0.25, 0.3) is 0 Å². The Labute approximate surface area is 192 Å². The summed E-state index contributed by atoms with van der Waals surface area (Å²) in [5, 5.41) is 27.8. The number of hydrogen-bond donors (Lipinski definition) is 3. The van der Waals surface area contributed by atoms with Gasteiger partial charge in [0.1, 0.15) is 0 Å². The van der Waals surface area contributed by atoms with Crippen LogP contribution < -0.4 is 0 Å². The Bertz CT molecular complexity index is 580. The van der Waals surface area contributed by atoms with E-state index in [0.717, 1.165) is 25.0 Å². The molecule has 2 atom stereocenters. The zero-order valence-electron chi connectivity index (χ0n) is 18.8. The average Bonchev–Trinajstić information content (AvgIpc) is 2.72. The fourth-order valence-corrected chi connectivity index (χ4v) is 3.99. The van der Waals surface area contributed by atoms with E-state index < -0.39 is 18.0 Å². The molecule has 0 bridgehead atoms. The van der Waals surface area contributed by atoms with Crippen LogP contribution in [0, 0.1) is 0 Å². The molecule has 0 aliphatic rings. The molecule has 31 heavy (non-hydrogen) atoms. The Morgan fingerprint density at radius 1 is 0.839 bits per heavy atom. The fraction of sp³-hybridized carbons (Fsp3) is 0.600. The molecule has 0 unspecified atom stereocenters. The molecule has 0 radical (unpaired) electrons. The number of aliphatic hydroxyl groups is 1. The molecule has 0 rings (SSSR count). The first kappa shape index (κ1) is 29.2. The van der Waals surface area contributed by atoms with Crippen LogP contribution in [-0.2, 0) is 9.59 Å². The second-order valence-electron chi connectivity index (χ2n) is 7.44. The van der Waals surface area contributed by atoms with Crippen LogP contribution in [0.3, 0.4) is 0 Å². The third-order valence-corrected chi connectivity index (χ3v) is 5.93. The number of aliphatic hydroxyl groups excluding tert-OH is 1. The molecule has 0 saturated carbocycles. The largest absolute Gasteiger partial charge is 0.481 e. The Hall–Kier alpha value is -1.79. The maximum atomic E-state index is 10.7. The molecule has 5 nitrogen and oxygen atoms in total. The highest BCUT2D eigenvalue weighted by molar-refractivity contribution is 8.00. The van der Waals surface area contributed by atoms with Crippen LogP contribution in [0.25, 0.3) is 0 Å². The Morgan fingerprint density at radius 3 is 2.26 bits per heavy atom. The summed E-state index contributed by atoms with van der Waals surface area (Å²) in [6.07, 6.45) is 23.9. The molecule has 0 amide bonds. The minimum Gasteiger partial charge on any atom is -0.481 e. The summed E-state index contributed by atoms with van der Waals surface area (Å²) >= 11 is 1.58. The Kier molecular flexibility index (Phi) is 20.2. The van der Waals surface area contributed by atoms with Crippen LogP contribution in [0.2, 0.25) is 0 Å². The van der Waals surface area contributed by atoms with Crippen LogP contribution >= 0.6 is 11.8 Å². The van der Waals surface area contributed by atoms with Crippen molar-refractivity contribution in [3.8, 4) is 0 Å². The lowest BCUT2D eigenvalue weighted by molar-refractivity contribution is -0.138. The van der Waals surface area contributed by atoms with Gasteiger partial charge < -0.3 is 15.3 Å². The van der Waals surface area contributed by atoms with Gasteiger partial charge in [-0.15, -0.1) is 0 Å². The van der Waals surface area contributed by atoms with E-state index in [1.165, 1.54) is 19.3 Å². The number of thioether (sulfide) groups is 1. The average molecular weight is 453 g/mol. The second-order valence-corrected chi connectivity index (χ2v) is 8.73. The predicted molar refractivity (Wildman–Crippen MR) is 131 cm³/mol. The number of allylic oxidation sites excluding steroid dienone is 7. The van der Waals surface area contributed by atoms with E-state index in [1.54, 1.807) is 11.8 Å². The summed E-state index contributed by atoms with van der Waals surface area (Å²) < 4.78 is 0. The molecule has 0 aromatic rings. The van der Waals surface area contributed by atoms with E-state index in [4.69, 9.17) is 10.2 Å². The number of carbonyl (C=O) groups is 2. The summed E-state index contributed by atoms with van der Waals surface area (Å²) in [6, 6.07) is 0. The molecule has 0 fully saturated rings. The number of rotatable bonds is 20. The quantitative estimate of drug-likeness (QED) is 0.116. The van der Waals surface area contributed by atoms with Gasteiger partial charge in [-0.05, 0) is 50.7 Å². The SMILES string of the molecule is CCCCC/C=C\C\C=C/C=C/C=C/[C@@H](SCCCCC(=O)O)[C@@H](O)CCCC(=O)O. The van der Waals surface area contributed by atoms with Crippen molar-refractivity contribution in [1.82, 2.24) is 0 Å². The molecule has 0 saturated heterocycles. The summed E-state index contributed by atoms with van der Waals surface area (Å²) in [4.78, 5) is 21.3. The standard InChI is InChI=1S/C25H40O5S/c1-2-3-4-5-6-7-8-9-10-11-12-13-18-23(22(26)17-16-20-25(29)30)31-21-15-14-19-24(27)28/h6-7,9-13,18,22-23,26H,2-5,8,14-17,19-21H2,1H3,(H,27,28)(H,29,30)/b7-6-,10-9-,12-11+,18-13+/t22-,23+/m0/s1. The molecule has 6 heteroatoms. The van der Waals surface area contributed by atoms with E-state index >= 15 is 0 Å². The van der Waals surface area contributed by atoms with Crippen molar-refractivity contribution in [2.24, 2.45) is 0 Å². The summed E-state index contributed by atoms with van der Waals surface area (Å²) in [5.74, 6) is -0.890. The third kappa shape index (κ3) is 21.2. The number of hydrogen-bond acceptors (Lipinski definition) is 4. The van der Waals surface area contributed by atoms with Crippen molar-refractivity contribution >= 4 is 23.7 Å². The topological polar surface area (TPSA) is 94.8 Å². The highest BCUT2D eigenvalue weighted by atomic mass is 32.2. The van der Waals surface area contributed by atoms with Crippen molar-refractivity contribution in [2.75, 3.05) is 5.75 Å². The van der Waals surface area contributed by atoms with Gasteiger partial charge in [-0.25, -0.2) is 0 Å². The van der Waals surface area contributed by atoms with Gasteiger partial charge in [-0.1, -0.05) is 68.4 Å². The van der Waals surface area contributed by atoms with Crippen molar-refractivity contribution in [2.45, 2.75) is 88.9 Å². The van der Waals surface area contributed by atoms with Gasteiger partial charge in [0.05, 0.1) is 6.10 Å². The zero-order valence-corrected chi connectivity index (χ0v) is 19.6. The molecule has 0 spiro atoms. The first-order chi connectivity index (χ1) is 15.0. The molecule has 0 heterocycles. The van der Waals surface area contributed by atoms with Crippen LogP contribution in [0.1, 0.15) is 77.6 Å². The van der Waals surface area contributed by atoms with E-state index in [0.29, 0.717) is 19.3 Å². The smallest absolute Gasteiger partial charge is 0.303 e. The van der Waals surface area contributed by atoms with Crippen LogP contribution in [0.15, 0.2) is 48.6 Å². The maximum absolute atomic E-state index is 10.7. The summed E-state index contributed by atoms with van der Waals surface area (Å²) in [5.41, 5.74) is 0. The zero-order chi connectivity index (χ0) is 23.2. The molecule has 3 N–H and O–H groups in total. The van der Waals surface area contributed by atoms with Gasteiger partial charge >= 0.3 is 11.9 Å². The van der Waals surface area contributed by atoms with E-state index in [-0.39, 0.29) is 18.1 Å². The van der Waals surface area contributed by atoms with Crippen LogP contribution in [-0.4, -0.2) is 44.4 Å². The van der Waals surface area contributed by atoms with Gasteiger partial charge in [0, 0.05) is 18.1 Å². The van der Waals surface area contributed by atoms with Crippen molar-refractivity contribution in [1.29, 1.82) is 0 Å². The number of aliphatic carboxylic acids is 2. The first-order valence-corrected chi connectivity index (χ1v) is 12.4. The van der Waals surface area contributed by atoms with E-state index in [1.807, 2.05) is 30.4 Å². The number of unbranched alkanes of at least 4 members (excludes halogenated alkanes) is 4. The van der Waals surface area contributed by atoms with E-state index in [2.05, 4.69) is 25.2 Å². The molecule has 0 aromatic heterocycles. The molecule has 0 aliphatic carbocycles. The normalized spacial score (nSPS) is 14.3.